The number of ether oxygens (including phenoxy) is 1. The first-order valence-electron chi connectivity index (χ1n) is 8.23. The van der Waals surface area contributed by atoms with Crippen LogP contribution in [0.3, 0.4) is 0 Å². The molecule has 8 nitrogen and oxygen atoms in total. The Balaban J connectivity index is 2.07. The highest BCUT2D eigenvalue weighted by molar-refractivity contribution is 7.89. The minimum Gasteiger partial charge on any atom is -0.447 e. The standard InChI is InChI=1S/C17H23N3O5S/c1-4-16(21)18-14-6-5-7-15(12-14)26(23,24)20-10-8-19(9-11-20)17(22)25-13(2)3/h4-7,12-13H,1,8-11H2,2-3H3,(H,18,21). The third-order valence-corrected chi connectivity index (χ3v) is 5.65. The fraction of sp³-hybridized carbons (Fsp3) is 0.412. The topological polar surface area (TPSA) is 96.0 Å². The molecule has 1 aliphatic heterocycles. The number of carbonyl (C=O) groups excluding carboxylic acids is 2. The Bertz CT molecular complexity index is 783. The van der Waals surface area contributed by atoms with Crippen LogP contribution in [0.4, 0.5) is 10.5 Å². The van der Waals surface area contributed by atoms with Crippen molar-refractivity contribution < 1.29 is 22.7 Å². The van der Waals surface area contributed by atoms with Crippen LogP contribution in [0, 0.1) is 0 Å². The highest BCUT2D eigenvalue weighted by Crippen LogP contribution is 2.21. The maximum Gasteiger partial charge on any atom is 0.410 e. The summed E-state index contributed by atoms with van der Waals surface area (Å²) in [6.07, 6.45) is 0.445. The Hall–Kier alpha value is -2.39. The number of hydrogen-bond donors (Lipinski definition) is 1. The van der Waals surface area contributed by atoms with Gasteiger partial charge in [0.15, 0.2) is 0 Å². The van der Waals surface area contributed by atoms with Crippen LogP contribution in [0.2, 0.25) is 0 Å². The minimum atomic E-state index is -3.72. The van der Waals surface area contributed by atoms with Crippen molar-refractivity contribution in [3.8, 4) is 0 Å². The maximum absolute atomic E-state index is 12.8. The predicted molar refractivity (Wildman–Crippen MR) is 97.2 cm³/mol. The van der Waals surface area contributed by atoms with E-state index in [0.29, 0.717) is 5.69 Å². The van der Waals surface area contributed by atoms with Gasteiger partial charge in [-0.25, -0.2) is 13.2 Å². The van der Waals surface area contributed by atoms with E-state index < -0.39 is 22.0 Å². The molecule has 1 aliphatic rings. The Labute approximate surface area is 153 Å². The third-order valence-electron chi connectivity index (χ3n) is 3.76. The maximum atomic E-state index is 12.8. The number of carbonyl (C=O) groups is 2. The van der Waals surface area contributed by atoms with E-state index >= 15 is 0 Å². The molecule has 2 rings (SSSR count). The molecule has 142 valence electrons. The first-order valence-corrected chi connectivity index (χ1v) is 9.67. The molecule has 1 N–H and O–H groups in total. The van der Waals surface area contributed by atoms with E-state index in [0.717, 1.165) is 6.08 Å². The molecule has 1 aromatic rings. The molecule has 0 saturated carbocycles. The van der Waals surface area contributed by atoms with E-state index in [4.69, 9.17) is 4.74 Å². The van der Waals surface area contributed by atoms with Crippen LogP contribution in [0.1, 0.15) is 13.8 Å². The minimum absolute atomic E-state index is 0.0811. The Morgan fingerprint density at radius 3 is 2.46 bits per heavy atom. The zero-order valence-electron chi connectivity index (χ0n) is 14.8. The summed E-state index contributed by atoms with van der Waals surface area (Å²) in [6.45, 7) is 7.76. The zero-order chi connectivity index (χ0) is 19.3. The van der Waals surface area contributed by atoms with Crippen LogP contribution in [-0.2, 0) is 19.6 Å². The van der Waals surface area contributed by atoms with Gasteiger partial charge in [-0.15, -0.1) is 0 Å². The van der Waals surface area contributed by atoms with E-state index in [2.05, 4.69) is 11.9 Å². The van der Waals surface area contributed by atoms with Gasteiger partial charge >= 0.3 is 6.09 Å². The lowest BCUT2D eigenvalue weighted by Gasteiger charge is -2.33. The normalized spacial score (nSPS) is 15.6. The van der Waals surface area contributed by atoms with Crippen LogP contribution in [0.5, 0.6) is 0 Å². The molecule has 0 radical (unpaired) electrons. The van der Waals surface area contributed by atoms with Crippen molar-refractivity contribution in [2.24, 2.45) is 0 Å². The van der Waals surface area contributed by atoms with Gasteiger partial charge in [-0.2, -0.15) is 4.31 Å². The van der Waals surface area contributed by atoms with Crippen LogP contribution in [-0.4, -0.2) is 61.9 Å². The van der Waals surface area contributed by atoms with Gasteiger partial charge in [-0.05, 0) is 38.1 Å². The molecule has 0 atom stereocenters. The van der Waals surface area contributed by atoms with Crippen LogP contribution < -0.4 is 5.32 Å². The largest absolute Gasteiger partial charge is 0.447 e. The molecule has 1 aromatic carbocycles. The van der Waals surface area contributed by atoms with Gasteiger partial charge in [-0.1, -0.05) is 12.6 Å². The number of hydrogen-bond acceptors (Lipinski definition) is 5. The first-order chi connectivity index (χ1) is 12.2. The molecule has 1 saturated heterocycles. The summed E-state index contributed by atoms with van der Waals surface area (Å²) >= 11 is 0. The average Bonchev–Trinajstić information content (AvgIpc) is 2.61. The van der Waals surface area contributed by atoms with Gasteiger partial charge < -0.3 is 15.0 Å². The summed E-state index contributed by atoms with van der Waals surface area (Å²) in [5.74, 6) is -0.420. The Morgan fingerprint density at radius 2 is 1.88 bits per heavy atom. The van der Waals surface area contributed by atoms with Crippen molar-refractivity contribution in [2.75, 3.05) is 31.5 Å². The highest BCUT2D eigenvalue weighted by Gasteiger charge is 2.31. The van der Waals surface area contributed by atoms with Crippen molar-refractivity contribution >= 4 is 27.7 Å². The smallest absolute Gasteiger partial charge is 0.410 e. The van der Waals surface area contributed by atoms with Crippen molar-refractivity contribution in [1.82, 2.24) is 9.21 Å². The average molecular weight is 381 g/mol. The van der Waals surface area contributed by atoms with Gasteiger partial charge in [0.05, 0.1) is 11.0 Å². The molecule has 0 aliphatic carbocycles. The Morgan fingerprint density at radius 1 is 1.23 bits per heavy atom. The lowest BCUT2D eigenvalue weighted by Crippen LogP contribution is -2.50. The second-order valence-corrected chi connectivity index (χ2v) is 7.98. The summed E-state index contributed by atoms with van der Waals surface area (Å²) in [4.78, 5) is 24.9. The second-order valence-electron chi connectivity index (χ2n) is 6.04. The van der Waals surface area contributed by atoms with E-state index in [1.165, 1.54) is 21.3 Å². The number of benzene rings is 1. The molecular formula is C17H23N3O5S. The number of sulfonamides is 1. The zero-order valence-corrected chi connectivity index (χ0v) is 15.7. The van der Waals surface area contributed by atoms with Gasteiger partial charge in [0.25, 0.3) is 0 Å². The van der Waals surface area contributed by atoms with E-state index in [1.807, 2.05) is 0 Å². The number of nitrogens with one attached hydrogen (secondary N) is 1. The van der Waals surface area contributed by atoms with Crippen molar-refractivity contribution in [3.63, 3.8) is 0 Å². The summed E-state index contributed by atoms with van der Waals surface area (Å²) in [5.41, 5.74) is 0.370. The Kier molecular flexibility index (Phi) is 6.38. The summed E-state index contributed by atoms with van der Waals surface area (Å²) in [6, 6.07) is 6.02. The lowest BCUT2D eigenvalue weighted by molar-refractivity contribution is -0.111. The predicted octanol–water partition coefficient (Wildman–Crippen LogP) is 1.66. The number of piperazine rings is 1. The molecule has 1 fully saturated rings. The molecule has 0 unspecified atom stereocenters. The third kappa shape index (κ3) is 4.83. The van der Waals surface area contributed by atoms with E-state index in [9.17, 15) is 18.0 Å². The first kappa shape index (κ1) is 19.9. The number of amides is 2. The fourth-order valence-electron chi connectivity index (χ4n) is 2.46. The molecule has 26 heavy (non-hydrogen) atoms. The molecule has 1 heterocycles. The van der Waals surface area contributed by atoms with Gasteiger partial charge in [0.2, 0.25) is 15.9 Å². The quantitative estimate of drug-likeness (QED) is 0.783. The lowest BCUT2D eigenvalue weighted by atomic mass is 10.3. The molecule has 0 bridgehead atoms. The molecule has 9 heteroatoms. The second kappa shape index (κ2) is 8.33. The van der Waals surface area contributed by atoms with Gasteiger partial charge in [0, 0.05) is 31.9 Å². The van der Waals surface area contributed by atoms with E-state index in [1.54, 1.807) is 26.0 Å². The van der Waals surface area contributed by atoms with E-state index in [-0.39, 0.29) is 37.2 Å². The van der Waals surface area contributed by atoms with Gasteiger partial charge in [0.1, 0.15) is 0 Å². The van der Waals surface area contributed by atoms with Crippen LogP contribution in [0.25, 0.3) is 0 Å². The summed E-state index contributed by atoms with van der Waals surface area (Å²) < 4.78 is 32.1. The highest BCUT2D eigenvalue weighted by atomic mass is 32.2. The SMILES string of the molecule is C=CC(=O)Nc1cccc(S(=O)(=O)N2CCN(C(=O)OC(C)C)CC2)c1. The van der Waals surface area contributed by atoms with Gasteiger partial charge in [-0.3, -0.25) is 4.79 Å². The monoisotopic (exact) mass is 381 g/mol. The number of rotatable bonds is 5. The molecular weight excluding hydrogens is 358 g/mol. The molecule has 2 amide bonds. The summed E-state index contributed by atoms with van der Waals surface area (Å²) in [5, 5.41) is 2.54. The van der Waals surface area contributed by atoms with Crippen molar-refractivity contribution in [2.45, 2.75) is 24.8 Å². The van der Waals surface area contributed by atoms with Crippen LogP contribution in [0.15, 0.2) is 41.8 Å². The number of nitrogens with zero attached hydrogens (tertiary/aromatic N) is 2. The molecule has 0 aromatic heterocycles. The summed E-state index contributed by atoms with van der Waals surface area (Å²) in [7, 11) is -3.72. The van der Waals surface area contributed by atoms with Crippen LogP contribution >= 0.6 is 0 Å². The molecule has 0 spiro atoms. The number of anilines is 1. The van der Waals surface area contributed by atoms with Crippen molar-refractivity contribution in [3.05, 3.63) is 36.9 Å². The fourth-order valence-corrected chi connectivity index (χ4v) is 3.93. The van der Waals surface area contributed by atoms with Crippen molar-refractivity contribution in [1.29, 1.82) is 0 Å².